The maximum absolute atomic E-state index is 10.7. The van der Waals surface area contributed by atoms with E-state index >= 15 is 0 Å². The second-order valence-corrected chi connectivity index (χ2v) is 9.62. The van der Waals surface area contributed by atoms with E-state index in [1.54, 1.807) is 13.8 Å². The highest BCUT2D eigenvalue weighted by Gasteiger charge is 2.24. The summed E-state index contributed by atoms with van der Waals surface area (Å²) in [7, 11) is 0. The number of hydrogen-bond donors (Lipinski definition) is 1. The van der Waals surface area contributed by atoms with E-state index in [-0.39, 0.29) is 12.1 Å². The number of carbonyl (C=O) groups excluding carboxylic acids is 1. The van der Waals surface area contributed by atoms with E-state index < -0.39 is 5.97 Å². The standard InChI is InChI=1S/C22H42O2.C7H10O3/c1-3-4-5-6-7-8-9-10-11-12-13-14-15-16-17-18-19-20-21(2)22(23)24;1-5(2)7(8)10-4-6-3-9-6/h20H,3-19H2,1-2H3,(H,23,24);6H,1,3-4H2,2H3/b21-20+;. The van der Waals surface area contributed by atoms with E-state index in [1.165, 1.54) is 96.3 Å². The molecule has 1 unspecified atom stereocenters. The highest BCUT2D eigenvalue weighted by Crippen LogP contribution is 2.14. The minimum Gasteiger partial charge on any atom is -0.478 e. The Bertz CT molecular complexity index is 563. The first kappa shape index (κ1) is 32.4. The first-order valence-corrected chi connectivity index (χ1v) is 13.7. The maximum atomic E-state index is 10.7. The predicted molar refractivity (Wildman–Crippen MR) is 141 cm³/mol. The van der Waals surface area contributed by atoms with E-state index in [0.717, 1.165) is 12.8 Å². The summed E-state index contributed by atoms with van der Waals surface area (Å²) in [6.45, 7) is 10.1. The number of carbonyl (C=O) groups is 2. The Morgan fingerprint density at radius 3 is 1.62 bits per heavy atom. The number of carboxylic acid groups (broad SMARTS) is 1. The Morgan fingerprint density at radius 1 is 0.853 bits per heavy atom. The van der Waals surface area contributed by atoms with Crippen molar-refractivity contribution in [2.45, 2.75) is 136 Å². The summed E-state index contributed by atoms with van der Waals surface area (Å²) in [6, 6.07) is 0. The van der Waals surface area contributed by atoms with Crippen LogP contribution in [0.2, 0.25) is 0 Å². The van der Waals surface area contributed by atoms with Crippen molar-refractivity contribution in [3.05, 3.63) is 23.8 Å². The summed E-state index contributed by atoms with van der Waals surface area (Å²) in [4.78, 5) is 21.3. The minimum atomic E-state index is -0.786. The van der Waals surface area contributed by atoms with Crippen LogP contribution in [0.1, 0.15) is 130 Å². The normalized spacial score (nSPS) is 14.8. The lowest BCUT2D eigenvalue weighted by Crippen LogP contribution is -2.09. The zero-order chi connectivity index (χ0) is 25.4. The molecular formula is C29H52O5. The molecule has 1 aliphatic heterocycles. The number of hydrogen-bond acceptors (Lipinski definition) is 4. The number of ether oxygens (including phenoxy) is 2. The van der Waals surface area contributed by atoms with Crippen LogP contribution >= 0.6 is 0 Å². The van der Waals surface area contributed by atoms with Crippen LogP contribution in [-0.2, 0) is 19.1 Å². The molecule has 1 rings (SSSR count). The third kappa shape index (κ3) is 23.5. The molecule has 1 saturated heterocycles. The molecular weight excluding hydrogens is 428 g/mol. The molecule has 1 heterocycles. The molecule has 0 spiro atoms. The summed E-state index contributed by atoms with van der Waals surface area (Å²) in [5.41, 5.74) is 0.914. The van der Waals surface area contributed by atoms with Gasteiger partial charge in [-0.2, -0.15) is 0 Å². The molecule has 0 amide bonds. The molecule has 34 heavy (non-hydrogen) atoms. The van der Waals surface area contributed by atoms with Crippen LogP contribution in [-0.4, -0.2) is 36.4 Å². The van der Waals surface area contributed by atoms with Crippen molar-refractivity contribution < 1.29 is 24.2 Å². The number of allylic oxidation sites excluding steroid dienone is 1. The molecule has 198 valence electrons. The van der Waals surface area contributed by atoms with Crippen molar-refractivity contribution in [1.82, 2.24) is 0 Å². The number of epoxide rings is 1. The van der Waals surface area contributed by atoms with Gasteiger partial charge in [0.25, 0.3) is 0 Å². The summed E-state index contributed by atoms with van der Waals surface area (Å²) in [5, 5.41) is 8.75. The molecule has 0 bridgehead atoms. The molecule has 1 atom stereocenters. The Balaban J connectivity index is 0.000000896. The van der Waals surface area contributed by atoms with Crippen molar-refractivity contribution in [2.75, 3.05) is 13.2 Å². The van der Waals surface area contributed by atoms with Gasteiger partial charge in [-0.15, -0.1) is 0 Å². The quantitative estimate of drug-likeness (QED) is 0.0775. The smallest absolute Gasteiger partial charge is 0.333 e. The van der Waals surface area contributed by atoms with Gasteiger partial charge in [0.2, 0.25) is 0 Å². The first-order chi connectivity index (χ1) is 16.4. The molecule has 5 heteroatoms. The van der Waals surface area contributed by atoms with Crippen LogP contribution in [0, 0.1) is 0 Å². The fourth-order valence-corrected chi connectivity index (χ4v) is 3.55. The maximum Gasteiger partial charge on any atom is 0.333 e. The lowest BCUT2D eigenvalue weighted by atomic mass is 10.0. The van der Waals surface area contributed by atoms with Gasteiger partial charge in [-0.25, -0.2) is 9.59 Å². The Labute approximate surface area is 209 Å². The number of aliphatic carboxylic acids is 1. The van der Waals surface area contributed by atoms with Gasteiger partial charge in [0.05, 0.1) is 6.61 Å². The van der Waals surface area contributed by atoms with Crippen molar-refractivity contribution >= 4 is 11.9 Å². The molecule has 0 aromatic rings. The summed E-state index contributed by atoms with van der Waals surface area (Å²) < 4.78 is 9.60. The SMILES string of the molecule is C=C(C)C(=O)OCC1CO1.CCCCCCCCCCCCCCCCCC/C=C(\C)C(=O)O. The van der Waals surface area contributed by atoms with Gasteiger partial charge in [0, 0.05) is 11.1 Å². The molecule has 1 fully saturated rings. The second-order valence-electron chi connectivity index (χ2n) is 9.62. The number of unbranched alkanes of at least 4 members (excludes halogenated alkanes) is 16. The third-order valence-electron chi connectivity index (χ3n) is 6.00. The highest BCUT2D eigenvalue weighted by molar-refractivity contribution is 5.87. The minimum absolute atomic E-state index is 0.142. The summed E-state index contributed by atoms with van der Waals surface area (Å²) in [6.07, 6.45) is 24.9. The van der Waals surface area contributed by atoms with Crippen LogP contribution in [0.3, 0.4) is 0 Å². The van der Waals surface area contributed by atoms with E-state index in [9.17, 15) is 9.59 Å². The molecule has 1 N–H and O–H groups in total. The van der Waals surface area contributed by atoms with Crippen LogP contribution in [0.25, 0.3) is 0 Å². The molecule has 5 nitrogen and oxygen atoms in total. The second kappa shape index (κ2) is 23.1. The number of carboxylic acids is 1. The highest BCUT2D eigenvalue weighted by atomic mass is 16.6. The number of esters is 1. The van der Waals surface area contributed by atoms with E-state index in [0.29, 0.717) is 24.4 Å². The van der Waals surface area contributed by atoms with Crippen LogP contribution in [0.4, 0.5) is 0 Å². The Kier molecular flexibility index (Phi) is 22.0. The van der Waals surface area contributed by atoms with Crippen LogP contribution in [0.15, 0.2) is 23.8 Å². The Morgan fingerprint density at radius 2 is 1.26 bits per heavy atom. The van der Waals surface area contributed by atoms with Gasteiger partial charge in [-0.1, -0.05) is 116 Å². The Hall–Kier alpha value is -1.62. The zero-order valence-corrected chi connectivity index (χ0v) is 22.4. The lowest BCUT2D eigenvalue weighted by molar-refractivity contribution is -0.139. The zero-order valence-electron chi connectivity index (χ0n) is 22.4. The van der Waals surface area contributed by atoms with Crippen molar-refractivity contribution in [3.63, 3.8) is 0 Å². The van der Waals surface area contributed by atoms with Crippen molar-refractivity contribution in [2.24, 2.45) is 0 Å². The van der Waals surface area contributed by atoms with E-state index in [4.69, 9.17) is 14.6 Å². The average molecular weight is 481 g/mol. The monoisotopic (exact) mass is 480 g/mol. The van der Waals surface area contributed by atoms with Gasteiger partial charge in [-0.05, 0) is 26.7 Å². The van der Waals surface area contributed by atoms with E-state index in [2.05, 4.69) is 13.5 Å². The largest absolute Gasteiger partial charge is 0.478 e. The number of rotatable bonds is 21. The predicted octanol–water partition coefficient (Wildman–Crippen LogP) is 8.17. The van der Waals surface area contributed by atoms with Crippen LogP contribution in [0.5, 0.6) is 0 Å². The van der Waals surface area contributed by atoms with Gasteiger partial charge in [-0.3, -0.25) is 0 Å². The first-order valence-electron chi connectivity index (χ1n) is 13.7. The molecule has 1 aliphatic rings. The fraction of sp³-hybridized carbons (Fsp3) is 0.793. The van der Waals surface area contributed by atoms with Gasteiger partial charge in [0.15, 0.2) is 0 Å². The van der Waals surface area contributed by atoms with Gasteiger partial charge < -0.3 is 14.6 Å². The van der Waals surface area contributed by atoms with Crippen molar-refractivity contribution in [3.8, 4) is 0 Å². The molecule has 0 aromatic heterocycles. The van der Waals surface area contributed by atoms with E-state index in [1.807, 2.05) is 6.08 Å². The average Bonchev–Trinajstić information content (AvgIpc) is 3.64. The van der Waals surface area contributed by atoms with Gasteiger partial charge >= 0.3 is 11.9 Å². The van der Waals surface area contributed by atoms with Gasteiger partial charge in [0.1, 0.15) is 12.7 Å². The lowest BCUT2D eigenvalue weighted by Gasteiger charge is -2.03. The van der Waals surface area contributed by atoms with Crippen LogP contribution < -0.4 is 0 Å². The molecule has 0 aliphatic carbocycles. The fourth-order valence-electron chi connectivity index (χ4n) is 3.55. The summed E-state index contributed by atoms with van der Waals surface area (Å²) >= 11 is 0. The molecule has 0 saturated carbocycles. The third-order valence-corrected chi connectivity index (χ3v) is 6.00. The topological polar surface area (TPSA) is 76.1 Å². The summed E-state index contributed by atoms with van der Waals surface area (Å²) in [5.74, 6) is -1.12. The molecule has 0 radical (unpaired) electrons. The van der Waals surface area contributed by atoms with Crippen molar-refractivity contribution in [1.29, 1.82) is 0 Å². The molecule has 0 aromatic carbocycles.